The number of hydrogen-bond acceptors (Lipinski definition) is 3. The largest absolute Gasteiger partial charge is 0.399 e. The Hall–Kier alpha value is -2.81. The van der Waals surface area contributed by atoms with Gasteiger partial charge in [-0.1, -0.05) is 24.3 Å². The molecule has 0 aliphatic carbocycles. The number of aromatic nitrogens is 1. The molecule has 0 aliphatic rings. The van der Waals surface area contributed by atoms with E-state index < -0.39 is 0 Å². The van der Waals surface area contributed by atoms with Gasteiger partial charge in [-0.3, -0.25) is 0 Å². The van der Waals surface area contributed by atoms with E-state index in [4.69, 9.17) is 16.5 Å². The summed E-state index contributed by atoms with van der Waals surface area (Å²) in [4.78, 5) is 4.73. The second kappa shape index (κ2) is 5.29. The molecule has 0 unspecified atom stereocenters. The Labute approximate surface area is 124 Å². The number of hydrogen-bond donors (Lipinski definition) is 2. The molecule has 1 heterocycles. The van der Waals surface area contributed by atoms with Gasteiger partial charge in [0, 0.05) is 22.5 Å². The lowest BCUT2D eigenvalue weighted by molar-refractivity contribution is 1.32. The number of nitrogens with zero attached hydrogens (tertiary/aromatic N) is 1. The molecule has 0 fully saturated rings. The van der Waals surface area contributed by atoms with Crippen molar-refractivity contribution in [2.75, 3.05) is 11.5 Å². The fraction of sp³-hybridized carbons (Fsp3) is 0.0556. The lowest BCUT2D eigenvalue weighted by Gasteiger charge is -2.07. The lowest BCUT2D eigenvalue weighted by Crippen LogP contribution is -1.92. The van der Waals surface area contributed by atoms with Crippen molar-refractivity contribution in [1.82, 2.24) is 4.98 Å². The summed E-state index contributed by atoms with van der Waals surface area (Å²) in [5.41, 5.74) is 18.2. The first-order valence-electron chi connectivity index (χ1n) is 6.83. The van der Waals surface area contributed by atoms with E-state index in [2.05, 4.69) is 6.07 Å². The van der Waals surface area contributed by atoms with Gasteiger partial charge in [0.05, 0.1) is 11.4 Å². The maximum Gasteiger partial charge on any atom is 0.0709 e. The maximum absolute atomic E-state index is 5.87. The Morgan fingerprint density at radius 2 is 1.38 bits per heavy atom. The minimum Gasteiger partial charge on any atom is -0.399 e. The number of aryl methyl sites for hydroxylation is 1. The Kier molecular flexibility index (Phi) is 3.32. The average molecular weight is 275 g/mol. The molecular weight excluding hydrogens is 258 g/mol. The molecule has 104 valence electrons. The average Bonchev–Trinajstić information content (AvgIpc) is 2.51. The van der Waals surface area contributed by atoms with Crippen LogP contribution in [0.15, 0.2) is 60.7 Å². The third-order valence-electron chi connectivity index (χ3n) is 3.52. The molecule has 21 heavy (non-hydrogen) atoms. The summed E-state index contributed by atoms with van der Waals surface area (Å²) < 4.78 is 0. The topological polar surface area (TPSA) is 64.9 Å². The summed E-state index contributed by atoms with van der Waals surface area (Å²) >= 11 is 0. The van der Waals surface area contributed by atoms with Crippen LogP contribution in [0.5, 0.6) is 0 Å². The van der Waals surface area contributed by atoms with Crippen LogP contribution in [0.3, 0.4) is 0 Å². The van der Waals surface area contributed by atoms with E-state index in [1.54, 1.807) is 0 Å². The van der Waals surface area contributed by atoms with Crippen molar-refractivity contribution in [1.29, 1.82) is 0 Å². The molecule has 4 N–H and O–H groups in total. The smallest absolute Gasteiger partial charge is 0.0709 e. The van der Waals surface area contributed by atoms with Gasteiger partial charge in [0.15, 0.2) is 0 Å². The molecular formula is C18H17N3. The van der Waals surface area contributed by atoms with Crippen LogP contribution in [-0.4, -0.2) is 4.98 Å². The van der Waals surface area contributed by atoms with Gasteiger partial charge in [-0.05, 0) is 48.9 Å². The van der Waals surface area contributed by atoms with Crippen molar-refractivity contribution in [3.63, 3.8) is 0 Å². The van der Waals surface area contributed by atoms with E-state index in [0.29, 0.717) is 0 Å². The van der Waals surface area contributed by atoms with Gasteiger partial charge in [-0.2, -0.15) is 0 Å². The van der Waals surface area contributed by atoms with Gasteiger partial charge >= 0.3 is 0 Å². The fourth-order valence-corrected chi connectivity index (χ4v) is 2.25. The minimum absolute atomic E-state index is 0.754. The number of nitrogens with two attached hydrogens (primary N) is 2. The highest BCUT2D eigenvalue weighted by molar-refractivity contribution is 5.69. The van der Waals surface area contributed by atoms with E-state index in [9.17, 15) is 0 Å². The number of benzene rings is 2. The molecule has 0 saturated heterocycles. The molecule has 0 atom stereocenters. The molecule has 0 amide bonds. The van der Waals surface area contributed by atoms with Gasteiger partial charge in [0.2, 0.25) is 0 Å². The number of pyridine rings is 1. The molecule has 0 radical (unpaired) electrons. The summed E-state index contributed by atoms with van der Waals surface area (Å²) in [6.45, 7) is 2.00. The third-order valence-corrected chi connectivity index (χ3v) is 3.52. The van der Waals surface area contributed by atoms with Crippen molar-refractivity contribution in [2.24, 2.45) is 0 Å². The first-order chi connectivity index (χ1) is 10.1. The number of rotatable bonds is 2. The summed E-state index contributed by atoms with van der Waals surface area (Å²) in [6, 6.07) is 19.7. The van der Waals surface area contributed by atoms with Crippen molar-refractivity contribution in [2.45, 2.75) is 6.92 Å². The standard InChI is InChI=1S/C18H17N3/c1-12-11-14(7-10-16(12)20)18-4-2-3-17(21-18)13-5-8-15(19)9-6-13/h2-11H,19-20H2,1H3. The maximum atomic E-state index is 5.87. The molecule has 3 aromatic rings. The van der Waals surface area contributed by atoms with Crippen LogP contribution in [0.25, 0.3) is 22.5 Å². The van der Waals surface area contributed by atoms with Crippen molar-refractivity contribution >= 4 is 11.4 Å². The summed E-state index contributed by atoms with van der Waals surface area (Å²) in [5, 5.41) is 0. The van der Waals surface area contributed by atoms with Gasteiger partial charge in [-0.25, -0.2) is 4.98 Å². The van der Waals surface area contributed by atoms with Gasteiger partial charge in [0.25, 0.3) is 0 Å². The predicted molar refractivity (Wildman–Crippen MR) is 88.7 cm³/mol. The zero-order valence-corrected chi connectivity index (χ0v) is 11.9. The molecule has 0 bridgehead atoms. The molecule has 0 saturated carbocycles. The van der Waals surface area contributed by atoms with Crippen molar-refractivity contribution in [3.8, 4) is 22.5 Å². The first kappa shape index (κ1) is 13.2. The van der Waals surface area contributed by atoms with E-state index in [0.717, 1.165) is 39.5 Å². The quantitative estimate of drug-likeness (QED) is 0.697. The number of anilines is 2. The Morgan fingerprint density at radius 3 is 2.05 bits per heavy atom. The summed E-state index contributed by atoms with van der Waals surface area (Å²) in [7, 11) is 0. The summed E-state index contributed by atoms with van der Waals surface area (Å²) in [6.07, 6.45) is 0. The second-order valence-electron chi connectivity index (χ2n) is 5.10. The molecule has 3 rings (SSSR count). The van der Waals surface area contributed by atoms with Crippen LogP contribution in [0.4, 0.5) is 11.4 Å². The molecule has 2 aromatic carbocycles. The molecule has 3 nitrogen and oxygen atoms in total. The van der Waals surface area contributed by atoms with Crippen LogP contribution in [0.2, 0.25) is 0 Å². The Balaban J connectivity index is 2.03. The number of nitrogen functional groups attached to an aromatic ring is 2. The van der Waals surface area contributed by atoms with E-state index in [1.807, 2.05) is 61.5 Å². The third kappa shape index (κ3) is 2.72. The van der Waals surface area contributed by atoms with Crippen LogP contribution >= 0.6 is 0 Å². The van der Waals surface area contributed by atoms with Crippen LogP contribution in [-0.2, 0) is 0 Å². The fourth-order valence-electron chi connectivity index (χ4n) is 2.25. The minimum atomic E-state index is 0.754. The van der Waals surface area contributed by atoms with Crippen molar-refractivity contribution in [3.05, 3.63) is 66.2 Å². The normalized spacial score (nSPS) is 10.5. The van der Waals surface area contributed by atoms with E-state index in [1.165, 1.54) is 0 Å². The zero-order valence-electron chi connectivity index (χ0n) is 11.9. The highest BCUT2D eigenvalue weighted by Gasteiger charge is 2.04. The Bertz CT molecular complexity index is 777. The van der Waals surface area contributed by atoms with Gasteiger partial charge in [0.1, 0.15) is 0 Å². The molecule has 1 aromatic heterocycles. The molecule has 0 spiro atoms. The SMILES string of the molecule is Cc1cc(-c2cccc(-c3ccc(N)cc3)n2)ccc1N. The van der Waals surface area contributed by atoms with E-state index in [-0.39, 0.29) is 0 Å². The first-order valence-corrected chi connectivity index (χ1v) is 6.83. The van der Waals surface area contributed by atoms with Crippen LogP contribution in [0, 0.1) is 6.92 Å². The van der Waals surface area contributed by atoms with E-state index >= 15 is 0 Å². The summed E-state index contributed by atoms with van der Waals surface area (Å²) in [5.74, 6) is 0. The van der Waals surface area contributed by atoms with Crippen molar-refractivity contribution < 1.29 is 0 Å². The van der Waals surface area contributed by atoms with Crippen LogP contribution in [0.1, 0.15) is 5.56 Å². The van der Waals surface area contributed by atoms with Crippen LogP contribution < -0.4 is 11.5 Å². The highest BCUT2D eigenvalue weighted by atomic mass is 14.7. The predicted octanol–water partition coefficient (Wildman–Crippen LogP) is 3.89. The zero-order chi connectivity index (χ0) is 14.8. The second-order valence-corrected chi connectivity index (χ2v) is 5.10. The monoisotopic (exact) mass is 275 g/mol. The highest BCUT2D eigenvalue weighted by Crippen LogP contribution is 2.25. The lowest BCUT2D eigenvalue weighted by atomic mass is 10.1. The molecule has 0 aliphatic heterocycles. The Morgan fingerprint density at radius 1 is 0.762 bits per heavy atom. The molecule has 3 heteroatoms. The van der Waals surface area contributed by atoms with Gasteiger partial charge in [-0.15, -0.1) is 0 Å². The van der Waals surface area contributed by atoms with Gasteiger partial charge < -0.3 is 11.5 Å².